The van der Waals surface area contributed by atoms with E-state index < -0.39 is 4.92 Å². The first-order chi connectivity index (χ1) is 9.13. The molecule has 1 aromatic carbocycles. The smallest absolute Gasteiger partial charge is 0.311 e. The Hall–Kier alpha value is -1.33. The van der Waals surface area contributed by atoms with Crippen molar-refractivity contribution in [2.24, 2.45) is 11.7 Å². The van der Waals surface area contributed by atoms with Gasteiger partial charge in [0, 0.05) is 12.1 Å². The Labute approximate surface area is 125 Å². The van der Waals surface area contributed by atoms with Crippen LogP contribution in [0.15, 0.2) is 18.2 Å². The van der Waals surface area contributed by atoms with Gasteiger partial charge in [0.15, 0.2) is 5.75 Å². The molecule has 1 saturated carbocycles. The minimum Gasteiger partial charge on any atom is -0.490 e. The molecule has 2 rings (SSSR count). The van der Waals surface area contributed by atoms with Crippen LogP contribution in [0.4, 0.5) is 5.69 Å². The molecule has 0 radical (unpaired) electrons. The van der Waals surface area contributed by atoms with Gasteiger partial charge in [0.2, 0.25) is 0 Å². The Bertz CT molecular complexity index is 462. The summed E-state index contributed by atoms with van der Waals surface area (Å²) in [4.78, 5) is 10.6. The van der Waals surface area contributed by atoms with Crippen molar-refractivity contribution in [1.82, 2.24) is 0 Å². The van der Waals surface area contributed by atoms with E-state index in [0.29, 0.717) is 5.92 Å². The zero-order chi connectivity index (χ0) is 13.8. The molecule has 0 amide bonds. The van der Waals surface area contributed by atoms with Crippen LogP contribution in [0.1, 0.15) is 43.7 Å². The highest BCUT2D eigenvalue weighted by molar-refractivity contribution is 5.85. The topological polar surface area (TPSA) is 78.4 Å². The third-order valence-electron chi connectivity index (χ3n) is 3.94. The monoisotopic (exact) mass is 300 g/mol. The Morgan fingerprint density at radius 3 is 2.55 bits per heavy atom. The summed E-state index contributed by atoms with van der Waals surface area (Å²) in [5.41, 5.74) is 7.09. The molecule has 1 aromatic rings. The molecule has 1 atom stereocenters. The highest BCUT2D eigenvalue weighted by atomic mass is 35.5. The summed E-state index contributed by atoms with van der Waals surface area (Å²) in [6.45, 7) is 0. The number of nitro benzene ring substituents is 1. The zero-order valence-electron chi connectivity index (χ0n) is 11.6. The second-order valence-electron chi connectivity index (χ2n) is 5.11. The molecule has 0 bridgehead atoms. The molecular weight excluding hydrogens is 280 g/mol. The third kappa shape index (κ3) is 3.61. The van der Waals surface area contributed by atoms with Gasteiger partial charge >= 0.3 is 5.69 Å². The van der Waals surface area contributed by atoms with Gasteiger partial charge in [-0.1, -0.05) is 25.3 Å². The summed E-state index contributed by atoms with van der Waals surface area (Å²) in [5, 5.41) is 11.0. The molecule has 0 saturated heterocycles. The van der Waals surface area contributed by atoms with Crippen molar-refractivity contribution in [2.45, 2.75) is 38.1 Å². The molecule has 0 heterocycles. The Morgan fingerprint density at radius 1 is 1.35 bits per heavy atom. The van der Waals surface area contributed by atoms with E-state index in [1.165, 1.54) is 26.4 Å². The second kappa shape index (κ2) is 7.45. The van der Waals surface area contributed by atoms with Crippen molar-refractivity contribution >= 4 is 18.1 Å². The van der Waals surface area contributed by atoms with Crippen molar-refractivity contribution in [3.05, 3.63) is 33.9 Å². The van der Waals surface area contributed by atoms with Gasteiger partial charge in [0.1, 0.15) is 0 Å². The first-order valence-electron chi connectivity index (χ1n) is 6.71. The second-order valence-corrected chi connectivity index (χ2v) is 5.11. The molecule has 0 unspecified atom stereocenters. The molecule has 0 spiro atoms. The van der Waals surface area contributed by atoms with Crippen molar-refractivity contribution in [3.63, 3.8) is 0 Å². The highest BCUT2D eigenvalue weighted by Crippen LogP contribution is 2.36. The summed E-state index contributed by atoms with van der Waals surface area (Å²) in [6.07, 6.45) is 5.90. The van der Waals surface area contributed by atoms with Gasteiger partial charge in [-0.3, -0.25) is 10.1 Å². The van der Waals surface area contributed by atoms with E-state index in [1.54, 1.807) is 12.1 Å². The van der Waals surface area contributed by atoms with E-state index in [1.807, 2.05) is 6.07 Å². The van der Waals surface area contributed by atoms with E-state index in [4.69, 9.17) is 10.5 Å². The maximum atomic E-state index is 11.0. The highest BCUT2D eigenvalue weighted by Gasteiger charge is 2.24. The number of nitro groups is 1. The fourth-order valence-corrected chi connectivity index (χ4v) is 2.82. The largest absolute Gasteiger partial charge is 0.490 e. The summed E-state index contributed by atoms with van der Waals surface area (Å²) >= 11 is 0. The van der Waals surface area contributed by atoms with Gasteiger partial charge in [-0.15, -0.1) is 12.4 Å². The first-order valence-corrected chi connectivity index (χ1v) is 6.71. The summed E-state index contributed by atoms with van der Waals surface area (Å²) in [7, 11) is 1.43. The number of halogens is 1. The van der Waals surface area contributed by atoms with Gasteiger partial charge in [0.25, 0.3) is 0 Å². The minimum atomic E-state index is -0.421. The van der Waals surface area contributed by atoms with Crippen molar-refractivity contribution in [1.29, 1.82) is 0 Å². The summed E-state index contributed by atoms with van der Waals surface area (Å²) in [5.74, 6) is 0.714. The van der Waals surface area contributed by atoms with E-state index in [2.05, 4.69) is 0 Å². The number of nitrogens with two attached hydrogens (primary N) is 1. The van der Waals surface area contributed by atoms with E-state index in [0.717, 1.165) is 18.4 Å². The van der Waals surface area contributed by atoms with Crippen LogP contribution >= 0.6 is 12.4 Å². The van der Waals surface area contributed by atoms with Crippen molar-refractivity contribution in [3.8, 4) is 5.75 Å². The lowest BCUT2D eigenvalue weighted by Crippen LogP contribution is -2.23. The first kappa shape index (κ1) is 16.7. The average Bonchev–Trinajstić information content (AvgIpc) is 2.46. The van der Waals surface area contributed by atoms with Gasteiger partial charge in [-0.25, -0.2) is 0 Å². The molecular formula is C14H21ClN2O3. The number of rotatable bonds is 4. The number of hydrogen-bond acceptors (Lipinski definition) is 4. The number of hydrogen-bond donors (Lipinski definition) is 1. The standard InChI is InChI=1S/C14H20N2O3.ClH/c1-19-13-8-7-11(9-12(13)16(17)18)14(15)10-5-3-2-4-6-10;/h7-10,14H,2-6,15H2,1H3;1H/t14-;/m1./s1. The molecule has 6 heteroatoms. The Morgan fingerprint density at radius 2 is 2.00 bits per heavy atom. The van der Waals surface area contributed by atoms with E-state index in [-0.39, 0.29) is 29.9 Å². The molecule has 1 fully saturated rings. The third-order valence-corrected chi connectivity index (χ3v) is 3.94. The molecule has 0 aliphatic heterocycles. The summed E-state index contributed by atoms with van der Waals surface area (Å²) < 4.78 is 5.00. The van der Waals surface area contributed by atoms with Crippen molar-refractivity contribution < 1.29 is 9.66 Å². The molecule has 0 aromatic heterocycles. The van der Waals surface area contributed by atoms with Crippen LogP contribution in [-0.4, -0.2) is 12.0 Å². The van der Waals surface area contributed by atoms with Crippen LogP contribution in [0.5, 0.6) is 5.75 Å². The molecule has 20 heavy (non-hydrogen) atoms. The van der Waals surface area contributed by atoms with E-state index >= 15 is 0 Å². The fourth-order valence-electron chi connectivity index (χ4n) is 2.82. The lowest BCUT2D eigenvalue weighted by atomic mass is 9.81. The molecule has 1 aliphatic rings. The minimum absolute atomic E-state index is 0. The molecule has 2 N–H and O–H groups in total. The van der Waals surface area contributed by atoms with Crippen LogP contribution in [0, 0.1) is 16.0 Å². The Balaban J connectivity index is 0.00000200. The molecule has 112 valence electrons. The zero-order valence-corrected chi connectivity index (χ0v) is 12.4. The number of benzene rings is 1. The quantitative estimate of drug-likeness (QED) is 0.680. The van der Waals surface area contributed by atoms with Gasteiger partial charge in [-0.2, -0.15) is 0 Å². The van der Waals surface area contributed by atoms with Crippen LogP contribution in [0.25, 0.3) is 0 Å². The number of ether oxygens (including phenoxy) is 1. The lowest BCUT2D eigenvalue weighted by Gasteiger charge is -2.27. The Kier molecular flexibility index (Phi) is 6.23. The van der Waals surface area contributed by atoms with E-state index in [9.17, 15) is 10.1 Å². The van der Waals surface area contributed by atoms with Gasteiger partial charge in [0.05, 0.1) is 12.0 Å². The van der Waals surface area contributed by atoms with Crippen LogP contribution in [-0.2, 0) is 0 Å². The number of nitrogens with zero attached hydrogens (tertiary/aromatic N) is 1. The average molecular weight is 301 g/mol. The maximum Gasteiger partial charge on any atom is 0.311 e. The van der Waals surface area contributed by atoms with Crippen molar-refractivity contribution in [2.75, 3.05) is 7.11 Å². The molecule has 5 nitrogen and oxygen atoms in total. The van der Waals surface area contributed by atoms with Gasteiger partial charge in [-0.05, 0) is 30.4 Å². The van der Waals surface area contributed by atoms with Crippen LogP contribution < -0.4 is 10.5 Å². The van der Waals surface area contributed by atoms with Crippen LogP contribution in [0.2, 0.25) is 0 Å². The van der Waals surface area contributed by atoms with Crippen LogP contribution in [0.3, 0.4) is 0 Å². The summed E-state index contributed by atoms with van der Waals surface area (Å²) in [6, 6.07) is 4.91. The number of methoxy groups -OCH3 is 1. The lowest BCUT2D eigenvalue weighted by molar-refractivity contribution is -0.385. The van der Waals surface area contributed by atoms with Gasteiger partial charge < -0.3 is 10.5 Å². The predicted octanol–water partition coefficient (Wildman–Crippen LogP) is 3.61. The SMILES string of the molecule is COc1ccc([C@H](N)C2CCCCC2)cc1[N+](=O)[O-].Cl. The maximum absolute atomic E-state index is 11.0. The molecule has 1 aliphatic carbocycles. The predicted molar refractivity (Wildman–Crippen MR) is 80.4 cm³/mol. The fraction of sp³-hybridized carbons (Fsp3) is 0.571. The normalized spacial score (nSPS) is 17.1.